The van der Waals surface area contributed by atoms with Crippen molar-refractivity contribution >= 4 is 0 Å². The molecule has 0 saturated carbocycles. The van der Waals surface area contributed by atoms with E-state index in [1.165, 1.54) is 19.3 Å². The van der Waals surface area contributed by atoms with Crippen LogP contribution in [0.25, 0.3) is 0 Å². The summed E-state index contributed by atoms with van der Waals surface area (Å²) in [4.78, 5) is 12.2. The Bertz CT molecular complexity index is 435. The average Bonchev–Trinajstić information content (AvgIpc) is 2.72. The van der Waals surface area contributed by atoms with E-state index in [9.17, 15) is 4.79 Å². The Labute approximate surface area is 108 Å². The van der Waals surface area contributed by atoms with Gasteiger partial charge in [-0.05, 0) is 12.3 Å². The highest BCUT2D eigenvalue weighted by atomic mass is 16.2. The Kier molecular flexibility index (Phi) is 4.58. The van der Waals surface area contributed by atoms with Gasteiger partial charge in [-0.25, -0.2) is 9.48 Å². The Morgan fingerprint density at radius 3 is 2.94 bits per heavy atom. The van der Waals surface area contributed by atoms with Gasteiger partial charge in [0, 0.05) is 19.6 Å². The minimum atomic E-state index is 0.0708. The van der Waals surface area contributed by atoms with Gasteiger partial charge in [0.25, 0.3) is 0 Å². The standard InChI is InChI=1S/C13H24N4O/c1-3-5-6-11(4-2)10-17-13(18)16-8-7-14-9-12(16)15-17/h11,14H,3-10H2,1-2H3. The van der Waals surface area contributed by atoms with E-state index in [0.29, 0.717) is 12.5 Å². The first-order valence-electron chi connectivity index (χ1n) is 7.13. The molecule has 1 N–H and O–H groups in total. The van der Waals surface area contributed by atoms with E-state index >= 15 is 0 Å². The van der Waals surface area contributed by atoms with E-state index < -0.39 is 0 Å². The maximum absolute atomic E-state index is 12.2. The monoisotopic (exact) mass is 252 g/mol. The van der Waals surface area contributed by atoms with Crippen LogP contribution < -0.4 is 11.0 Å². The van der Waals surface area contributed by atoms with Crippen LogP contribution in [-0.2, 0) is 19.6 Å². The zero-order valence-electron chi connectivity index (χ0n) is 11.5. The first kappa shape index (κ1) is 13.3. The number of unbranched alkanes of at least 4 members (excludes halogenated alkanes) is 1. The van der Waals surface area contributed by atoms with Crippen molar-refractivity contribution in [2.45, 2.75) is 59.2 Å². The highest BCUT2D eigenvalue weighted by Gasteiger charge is 2.18. The molecule has 0 aromatic carbocycles. The van der Waals surface area contributed by atoms with Crippen molar-refractivity contribution in [2.75, 3.05) is 6.54 Å². The highest BCUT2D eigenvalue weighted by molar-refractivity contribution is 4.91. The maximum atomic E-state index is 12.2. The number of nitrogens with one attached hydrogen (secondary N) is 1. The van der Waals surface area contributed by atoms with E-state index in [1.54, 1.807) is 4.68 Å². The summed E-state index contributed by atoms with van der Waals surface area (Å²) in [7, 11) is 0. The van der Waals surface area contributed by atoms with E-state index in [1.807, 2.05) is 4.57 Å². The molecule has 1 atom stereocenters. The molecule has 2 heterocycles. The van der Waals surface area contributed by atoms with E-state index in [4.69, 9.17) is 0 Å². The zero-order valence-corrected chi connectivity index (χ0v) is 11.5. The van der Waals surface area contributed by atoms with Gasteiger partial charge in [0.05, 0.1) is 6.54 Å². The predicted octanol–water partition coefficient (Wildman–Crippen LogP) is 1.36. The second-order valence-corrected chi connectivity index (χ2v) is 5.13. The molecule has 0 saturated heterocycles. The van der Waals surface area contributed by atoms with Gasteiger partial charge in [-0.2, -0.15) is 5.10 Å². The Morgan fingerprint density at radius 2 is 2.28 bits per heavy atom. The fraction of sp³-hybridized carbons (Fsp3) is 0.846. The summed E-state index contributed by atoms with van der Waals surface area (Å²) in [5, 5.41) is 7.70. The summed E-state index contributed by atoms with van der Waals surface area (Å²) in [6.07, 6.45) is 4.77. The fourth-order valence-corrected chi connectivity index (χ4v) is 2.51. The quantitative estimate of drug-likeness (QED) is 0.832. The molecular weight excluding hydrogens is 228 g/mol. The minimum Gasteiger partial charge on any atom is -0.308 e. The molecule has 1 aliphatic heterocycles. The fourth-order valence-electron chi connectivity index (χ4n) is 2.51. The topological polar surface area (TPSA) is 51.9 Å². The summed E-state index contributed by atoms with van der Waals surface area (Å²) < 4.78 is 3.48. The third-order valence-electron chi connectivity index (χ3n) is 3.77. The molecule has 1 unspecified atom stereocenters. The number of aromatic nitrogens is 3. The number of hydrogen-bond donors (Lipinski definition) is 1. The van der Waals surface area contributed by atoms with Crippen LogP contribution >= 0.6 is 0 Å². The maximum Gasteiger partial charge on any atom is 0.346 e. The molecule has 5 heteroatoms. The number of rotatable bonds is 6. The molecule has 0 aliphatic carbocycles. The third kappa shape index (κ3) is 2.83. The van der Waals surface area contributed by atoms with Gasteiger partial charge in [0.1, 0.15) is 5.82 Å². The van der Waals surface area contributed by atoms with Crippen LogP contribution in [0.3, 0.4) is 0 Å². The second-order valence-electron chi connectivity index (χ2n) is 5.13. The van der Waals surface area contributed by atoms with E-state index in [-0.39, 0.29) is 5.69 Å². The Morgan fingerprint density at radius 1 is 1.44 bits per heavy atom. The van der Waals surface area contributed by atoms with Gasteiger partial charge in [0.2, 0.25) is 0 Å². The summed E-state index contributed by atoms with van der Waals surface area (Å²) in [5.74, 6) is 1.46. The Hall–Kier alpha value is -1.10. The molecule has 0 spiro atoms. The van der Waals surface area contributed by atoms with Crippen LogP contribution in [0.1, 0.15) is 45.4 Å². The van der Waals surface area contributed by atoms with E-state index in [0.717, 1.165) is 31.9 Å². The van der Waals surface area contributed by atoms with Gasteiger partial charge < -0.3 is 5.32 Å². The second kappa shape index (κ2) is 6.18. The lowest BCUT2D eigenvalue weighted by Crippen LogP contribution is -2.34. The lowest BCUT2D eigenvalue weighted by Gasteiger charge is -2.13. The molecule has 18 heavy (non-hydrogen) atoms. The number of nitrogens with zero attached hydrogens (tertiary/aromatic N) is 3. The smallest absolute Gasteiger partial charge is 0.308 e. The molecule has 1 aromatic heterocycles. The number of fused-ring (bicyclic) bond motifs is 1. The van der Waals surface area contributed by atoms with Gasteiger partial charge in [-0.15, -0.1) is 0 Å². The summed E-state index contributed by atoms with van der Waals surface area (Å²) >= 11 is 0. The first-order valence-corrected chi connectivity index (χ1v) is 7.13. The van der Waals surface area contributed by atoms with Crippen LogP contribution in [0, 0.1) is 5.92 Å². The molecule has 5 nitrogen and oxygen atoms in total. The van der Waals surface area contributed by atoms with Crippen LogP contribution in [0.5, 0.6) is 0 Å². The van der Waals surface area contributed by atoms with Crippen LogP contribution in [0.15, 0.2) is 4.79 Å². The summed E-state index contributed by atoms with van der Waals surface area (Å²) in [6.45, 7) is 7.51. The van der Waals surface area contributed by atoms with Crippen molar-refractivity contribution in [3.05, 3.63) is 16.3 Å². The minimum absolute atomic E-state index is 0.0708. The largest absolute Gasteiger partial charge is 0.346 e. The van der Waals surface area contributed by atoms with Crippen LogP contribution in [-0.4, -0.2) is 20.9 Å². The zero-order chi connectivity index (χ0) is 13.0. The van der Waals surface area contributed by atoms with Gasteiger partial charge in [-0.3, -0.25) is 4.57 Å². The van der Waals surface area contributed by atoms with Gasteiger partial charge in [0.15, 0.2) is 0 Å². The van der Waals surface area contributed by atoms with Crippen molar-refractivity contribution in [1.29, 1.82) is 0 Å². The summed E-state index contributed by atoms with van der Waals surface area (Å²) in [6, 6.07) is 0. The van der Waals surface area contributed by atoms with E-state index in [2.05, 4.69) is 24.3 Å². The average molecular weight is 252 g/mol. The van der Waals surface area contributed by atoms with Crippen molar-refractivity contribution in [3.63, 3.8) is 0 Å². The van der Waals surface area contributed by atoms with Gasteiger partial charge in [-0.1, -0.05) is 33.1 Å². The predicted molar refractivity (Wildman–Crippen MR) is 71.5 cm³/mol. The van der Waals surface area contributed by atoms with Crippen LogP contribution in [0.2, 0.25) is 0 Å². The van der Waals surface area contributed by atoms with Crippen molar-refractivity contribution in [2.24, 2.45) is 5.92 Å². The molecule has 2 rings (SSSR count). The SMILES string of the molecule is CCCCC(CC)Cn1nc2n(c1=O)CCNC2. The van der Waals surface area contributed by atoms with Crippen molar-refractivity contribution in [1.82, 2.24) is 19.7 Å². The molecule has 0 fully saturated rings. The van der Waals surface area contributed by atoms with Crippen LogP contribution in [0.4, 0.5) is 0 Å². The highest BCUT2D eigenvalue weighted by Crippen LogP contribution is 2.14. The van der Waals surface area contributed by atoms with Crippen molar-refractivity contribution in [3.8, 4) is 0 Å². The summed E-state index contributed by atoms with van der Waals surface area (Å²) in [5.41, 5.74) is 0.0708. The molecule has 1 aromatic rings. The lowest BCUT2D eigenvalue weighted by atomic mass is 10.00. The first-order chi connectivity index (χ1) is 8.76. The molecule has 0 radical (unpaired) electrons. The number of hydrogen-bond acceptors (Lipinski definition) is 3. The van der Waals surface area contributed by atoms with Gasteiger partial charge >= 0.3 is 5.69 Å². The normalized spacial score (nSPS) is 16.6. The molecule has 0 bridgehead atoms. The molecule has 102 valence electrons. The molecule has 1 aliphatic rings. The van der Waals surface area contributed by atoms with Crippen molar-refractivity contribution < 1.29 is 0 Å². The Balaban J connectivity index is 2.08. The molecular formula is C13H24N4O. The lowest BCUT2D eigenvalue weighted by molar-refractivity contribution is 0.364. The third-order valence-corrected chi connectivity index (χ3v) is 3.77. The molecule has 0 amide bonds.